The van der Waals surface area contributed by atoms with Crippen molar-refractivity contribution in [2.45, 2.75) is 12.5 Å². The van der Waals surface area contributed by atoms with Crippen LogP contribution in [0.1, 0.15) is 18.0 Å². The fourth-order valence-corrected chi connectivity index (χ4v) is 3.74. The molecule has 1 aliphatic rings. The summed E-state index contributed by atoms with van der Waals surface area (Å²) < 4.78 is 31.5. The molecule has 0 bridgehead atoms. The van der Waals surface area contributed by atoms with E-state index in [1.165, 1.54) is 0 Å². The number of benzene rings is 1. The van der Waals surface area contributed by atoms with Gasteiger partial charge in [0.05, 0.1) is 12.4 Å². The van der Waals surface area contributed by atoms with E-state index in [4.69, 9.17) is 4.74 Å². The average Bonchev–Trinajstić information content (AvgIpc) is 2.89. The molecule has 1 aromatic carbocycles. The topological polar surface area (TPSA) is 92.7 Å². The van der Waals surface area contributed by atoms with Crippen molar-refractivity contribution >= 4 is 16.0 Å². The first-order valence-corrected chi connectivity index (χ1v) is 7.98. The van der Waals surface area contributed by atoms with Gasteiger partial charge in [-0.1, -0.05) is 30.3 Å². The van der Waals surface area contributed by atoms with Crippen LogP contribution in [0, 0.1) is 5.92 Å². The second-order valence-corrected chi connectivity index (χ2v) is 6.61. The van der Waals surface area contributed by atoms with E-state index in [9.17, 15) is 18.3 Å². The maximum Gasteiger partial charge on any atom is 0.326 e. The number of aliphatic carboxylic acids is 1. The van der Waals surface area contributed by atoms with Gasteiger partial charge >= 0.3 is 5.97 Å². The van der Waals surface area contributed by atoms with E-state index in [2.05, 4.69) is 4.72 Å². The van der Waals surface area contributed by atoms with Gasteiger partial charge in [-0.2, -0.15) is 4.72 Å². The summed E-state index contributed by atoms with van der Waals surface area (Å²) in [5.74, 6) is -1.40. The van der Waals surface area contributed by atoms with Crippen LogP contribution in [-0.4, -0.2) is 38.5 Å². The van der Waals surface area contributed by atoms with E-state index >= 15 is 0 Å². The summed E-state index contributed by atoms with van der Waals surface area (Å²) in [7, 11) is -3.67. The fourth-order valence-electron chi connectivity index (χ4n) is 2.16. The Labute approximate surface area is 117 Å². The minimum absolute atomic E-state index is 0.0716. The highest BCUT2D eigenvalue weighted by Gasteiger charge is 2.29. The molecule has 0 aliphatic carbocycles. The molecular formula is C13H17NO5S. The van der Waals surface area contributed by atoms with Crippen LogP contribution in [0.3, 0.4) is 0 Å². The van der Waals surface area contributed by atoms with Gasteiger partial charge in [0.25, 0.3) is 0 Å². The first-order valence-electron chi connectivity index (χ1n) is 6.33. The van der Waals surface area contributed by atoms with E-state index in [1.54, 1.807) is 30.3 Å². The van der Waals surface area contributed by atoms with Crippen molar-refractivity contribution in [3.63, 3.8) is 0 Å². The molecule has 6 nitrogen and oxygen atoms in total. The highest BCUT2D eigenvalue weighted by molar-refractivity contribution is 7.89. The molecule has 0 amide bonds. The lowest BCUT2D eigenvalue weighted by atomic mass is 10.1. The summed E-state index contributed by atoms with van der Waals surface area (Å²) in [6.45, 7) is 0.964. The maximum absolute atomic E-state index is 12.0. The summed E-state index contributed by atoms with van der Waals surface area (Å²) >= 11 is 0. The van der Waals surface area contributed by atoms with Gasteiger partial charge in [-0.25, -0.2) is 8.42 Å². The van der Waals surface area contributed by atoms with Crippen LogP contribution < -0.4 is 4.72 Å². The van der Waals surface area contributed by atoms with Crippen molar-refractivity contribution in [2.75, 3.05) is 19.0 Å². The molecule has 110 valence electrons. The van der Waals surface area contributed by atoms with Crippen molar-refractivity contribution in [3.8, 4) is 0 Å². The molecule has 0 radical (unpaired) electrons. The fraction of sp³-hybridized carbons (Fsp3) is 0.462. The van der Waals surface area contributed by atoms with Crippen LogP contribution in [0.5, 0.6) is 0 Å². The zero-order chi connectivity index (χ0) is 14.6. The maximum atomic E-state index is 12.0. The second-order valence-electron chi connectivity index (χ2n) is 4.81. The molecule has 1 aliphatic heterocycles. The van der Waals surface area contributed by atoms with Crippen molar-refractivity contribution in [3.05, 3.63) is 35.9 Å². The Morgan fingerprint density at radius 1 is 1.40 bits per heavy atom. The lowest BCUT2D eigenvalue weighted by Crippen LogP contribution is -2.37. The van der Waals surface area contributed by atoms with Crippen molar-refractivity contribution < 1.29 is 23.1 Å². The largest absolute Gasteiger partial charge is 0.480 e. The standard InChI is InChI=1S/C13H17NO5S/c15-13(16)12(11-4-2-1-3-5-11)14-20(17,18)9-10-6-7-19-8-10/h1-5,10,12,14H,6-9H2,(H,15,16)/t10?,12-/m1/s1. The number of carbonyl (C=O) groups is 1. The van der Waals surface area contributed by atoms with Gasteiger partial charge in [-0.15, -0.1) is 0 Å². The minimum Gasteiger partial charge on any atom is -0.480 e. The Balaban J connectivity index is 2.09. The second kappa shape index (κ2) is 6.34. The van der Waals surface area contributed by atoms with Crippen LogP contribution in [0.4, 0.5) is 0 Å². The molecule has 0 saturated carbocycles. The normalized spacial score (nSPS) is 20.7. The van der Waals surface area contributed by atoms with Crippen LogP contribution in [-0.2, 0) is 19.6 Å². The molecular weight excluding hydrogens is 282 g/mol. The first-order chi connectivity index (χ1) is 9.48. The minimum atomic E-state index is -3.67. The van der Waals surface area contributed by atoms with Crippen LogP contribution in [0.2, 0.25) is 0 Å². The smallest absolute Gasteiger partial charge is 0.326 e. The summed E-state index contributed by atoms with van der Waals surface area (Å²) in [4.78, 5) is 11.3. The van der Waals surface area contributed by atoms with E-state index in [-0.39, 0.29) is 11.7 Å². The highest BCUT2D eigenvalue weighted by Crippen LogP contribution is 2.18. The third-order valence-corrected chi connectivity index (χ3v) is 4.66. The molecule has 1 saturated heterocycles. The molecule has 2 rings (SSSR count). The molecule has 1 unspecified atom stereocenters. The van der Waals surface area contributed by atoms with Gasteiger partial charge in [0, 0.05) is 6.61 Å². The van der Waals surface area contributed by atoms with Crippen molar-refractivity contribution in [1.29, 1.82) is 0 Å². The molecule has 2 N–H and O–H groups in total. The molecule has 7 heteroatoms. The zero-order valence-electron chi connectivity index (χ0n) is 10.9. The Bertz CT molecular complexity index is 551. The van der Waals surface area contributed by atoms with Crippen molar-refractivity contribution in [1.82, 2.24) is 4.72 Å². The van der Waals surface area contributed by atoms with Crippen molar-refractivity contribution in [2.24, 2.45) is 5.92 Å². The van der Waals surface area contributed by atoms with E-state index in [0.717, 1.165) is 0 Å². The average molecular weight is 299 g/mol. The SMILES string of the molecule is O=C(O)[C@H](NS(=O)(=O)CC1CCOC1)c1ccccc1. The molecule has 2 atom stereocenters. The number of nitrogens with one attached hydrogen (secondary N) is 1. The van der Waals surface area contributed by atoms with Crippen LogP contribution >= 0.6 is 0 Å². The molecule has 1 fully saturated rings. The van der Waals surface area contributed by atoms with Gasteiger partial charge in [0.2, 0.25) is 10.0 Å². The number of carboxylic acids is 1. The molecule has 0 spiro atoms. The van der Waals surface area contributed by atoms with Crippen LogP contribution in [0.15, 0.2) is 30.3 Å². The lowest BCUT2D eigenvalue weighted by Gasteiger charge is -2.16. The van der Waals surface area contributed by atoms with E-state index in [0.29, 0.717) is 25.2 Å². The summed E-state index contributed by atoms with van der Waals surface area (Å²) in [5.41, 5.74) is 0.409. The first kappa shape index (κ1) is 15.0. The summed E-state index contributed by atoms with van der Waals surface area (Å²) in [6.07, 6.45) is 0.685. The number of rotatable bonds is 6. The van der Waals surface area contributed by atoms with Crippen LogP contribution in [0.25, 0.3) is 0 Å². The van der Waals surface area contributed by atoms with E-state index < -0.39 is 22.0 Å². The molecule has 20 heavy (non-hydrogen) atoms. The van der Waals surface area contributed by atoms with Gasteiger partial charge in [-0.3, -0.25) is 4.79 Å². The van der Waals surface area contributed by atoms with Gasteiger partial charge in [-0.05, 0) is 17.9 Å². The quantitative estimate of drug-likeness (QED) is 0.809. The Morgan fingerprint density at radius 2 is 2.10 bits per heavy atom. The number of ether oxygens (including phenoxy) is 1. The number of hydrogen-bond donors (Lipinski definition) is 2. The van der Waals surface area contributed by atoms with Gasteiger partial charge in [0.15, 0.2) is 0 Å². The molecule has 1 aromatic rings. The molecule has 0 aromatic heterocycles. The van der Waals surface area contributed by atoms with E-state index in [1.807, 2.05) is 0 Å². The summed E-state index contributed by atoms with van der Waals surface area (Å²) in [5, 5.41) is 9.20. The van der Waals surface area contributed by atoms with Gasteiger partial charge in [0.1, 0.15) is 6.04 Å². The predicted octanol–water partition coefficient (Wildman–Crippen LogP) is 0.768. The predicted molar refractivity (Wildman–Crippen MR) is 72.7 cm³/mol. The Kier molecular flexibility index (Phi) is 4.74. The van der Waals surface area contributed by atoms with Gasteiger partial charge < -0.3 is 9.84 Å². The number of carboxylic acid groups (broad SMARTS) is 1. The zero-order valence-corrected chi connectivity index (χ0v) is 11.7. The lowest BCUT2D eigenvalue weighted by molar-refractivity contribution is -0.139. The monoisotopic (exact) mass is 299 g/mol. The highest BCUT2D eigenvalue weighted by atomic mass is 32.2. The Hall–Kier alpha value is -1.44. The molecule has 1 heterocycles. The summed E-state index contributed by atoms with van der Waals surface area (Å²) in [6, 6.07) is 6.99. The Morgan fingerprint density at radius 3 is 2.65 bits per heavy atom. The third kappa shape index (κ3) is 4.03. The number of sulfonamides is 1. The third-order valence-electron chi connectivity index (χ3n) is 3.16. The number of hydrogen-bond acceptors (Lipinski definition) is 4.